The topological polar surface area (TPSA) is 38.7 Å². The maximum absolute atomic E-state index is 5.04. The Labute approximate surface area is 261 Å². The zero-order chi connectivity index (χ0) is 29.0. The van der Waals surface area contributed by atoms with Gasteiger partial charge in [0.25, 0.3) is 0 Å². The monoisotopic (exact) mass is 597 g/mol. The van der Waals surface area contributed by atoms with Gasteiger partial charge < -0.3 is 0 Å². The van der Waals surface area contributed by atoms with Crippen molar-refractivity contribution in [2.45, 2.75) is 0 Å². The summed E-state index contributed by atoms with van der Waals surface area (Å²) in [5.41, 5.74) is 5.47. The van der Waals surface area contributed by atoms with Crippen LogP contribution in [0.2, 0.25) is 0 Å². The van der Waals surface area contributed by atoms with Gasteiger partial charge in [-0.2, -0.15) is 0 Å². The minimum atomic E-state index is 0.671. The summed E-state index contributed by atoms with van der Waals surface area (Å²) in [7, 11) is 0. The lowest BCUT2D eigenvalue weighted by atomic mass is 10.00. The summed E-state index contributed by atoms with van der Waals surface area (Å²) in [5.74, 6) is 2.02. The molecule has 0 saturated carbocycles. The van der Waals surface area contributed by atoms with Gasteiger partial charge in [0.2, 0.25) is 0 Å². The molecule has 0 radical (unpaired) electrons. The van der Waals surface area contributed by atoms with Crippen LogP contribution in [-0.4, -0.2) is 15.0 Å². The molecule has 6 aromatic carbocycles. The SMILES string of the molecule is c1ccc(-c2nc(-c3ccccc3)nc(-c3cccc4sc5cc(-c6cccc7c6sc6ccccc67)ccc5c34)n2)cc1. The molecule has 0 aliphatic rings. The van der Waals surface area contributed by atoms with Crippen LogP contribution in [-0.2, 0) is 0 Å². The van der Waals surface area contributed by atoms with Gasteiger partial charge in [0, 0.05) is 57.0 Å². The maximum atomic E-state index is 5.04. The van der Waals surface area contributed by atoms with E-state index in [1.807, 2.05) is 83.3 Å². The Balaban J connectivity index is 1.24. The molecule has 0 saturated heterocycles. The molecule has 0 atom stereocenters. The molecule has 5 heteroatoms. The van der Waals surface area contributed by atoms with Crippen LogP contribution >= 0.6 is 22.7 Å². The molecule has 0 aliphatic heterocycles. The van der Waals surface area contributed by atoms with Gasteiger partial charge in [0.15, 0.2) is 17.5 Å². The van der Waals surface area contributed by atoms with Crippen LogP contribution in [0, 0.1) is 0 Å². The number of thiophene rings is 2. The quantitative estimate of drug-likeness (QED) is 0.203. The van der Waals surface area contributed by atoms with Crippen LogP contribution in [0.5, 0.6) is 0 Å². The molecule has 3 aromatic heterocycles. The highest BCUT2D eigenvalue weighted by atomic mass is 32.1. The number of hydrogen-bond donors (Lipinski definition) is 0. The van der Waals surface area contributed by atoms with Gasteiger partial charge >= 0.3 is 0 Å². The van der Waals surface area contributed by atoms with Crippen molar-refractivity contribution < 1.29 is 0 Å². The third kappa shape index (κ3) is 4.13. The minimum absolute atomic E-state index is 0.671. The van der Waals surface area contributed by atoms with E-state index < -0.39 is 0 Å². The van der Waals surface area contributed by atoms with E-state index in [0.717, 1.165) is 16.7 Å². The smallest absolute Gasteiger partial charge is 0.164 e. The fourth-order valence-electron chi connectivity index (χ4n) is 6.08. The molecule has 0 amide bonds. The Bertz CT molecular complexity index is 2440. The number of aromatic nitrogens is 3. The second-order valence-electron chi connectivity index (χ2n) is 10.8. The first-order valence-corrected chi connectivity index (χ1v) is 16.2. The van der Waals surface area contributed by atoms with E-state index in [4.69, 9.17) is 15.0 Å². The number of hydrogen-bond acceptors (Lipinski definition) is 5. The number of benzene rings is 6. The first-order valence-electron chi connectivity index (χ1n) is 14.5. The van der Waals surface area contributed by atoms with Gasteiger partial charge in [-0.15, -0.1) is 22.7 Å². The zero-order valence-corrected chi connectivity index (χ0v) is 25.1. The third-order valence-electron chi connectivity index (χ3n) is 8.15. The Kier molecular flexibility index (Phi) is 5.86. The molecular formula is C39H23N3S2. The van der Waals surface area contributed by atoms with Crippen LogP contribution in [0.4, 0.5) is 0 Å². The van der Waals surface area contributed by atoms with Gasteiger partial charge in [0.05, 0.1) is 0 Å². The molecule has 0 bridgehead atoms. The van der Waals surface area contributed by atoms with Crippen molar-refractivity contribution in [3.63, 3.8) is 0 Å². The van der Waals surface area contributed by atoms with E-state index in [-0.39, 0.29) is 0 Å². The molecule has 0 N–H and O–H groups in total. The standard InChI is InChI=1S/C39H23N3S2/c1-3-11-24(12-4-1)37-40-38(25-13-5-2-6-14-25)42-39(41-37)31-18-10-20-33-35(31)30-22-21-26(23-34(30)43-33)27-16-9-17-29-28-15-7-8-19-32(28)44-36(27)29/h1-23H. The first kappa shape index (κ1) is 25.3. The number of fused-ring (bicyclic) bond motifs is 6. The predicted molar refractivity (Wildman–Crippen MR) is 187 cm³/mol. The van der Waals surface area contributed by atoms with Crippen molar-refractivity contribution in [2.24, 2.45) is 0 Å². The second kappa shape index (κ2) is 10.2. The molecule has 0 unspecified atom stereocenters. The van der Waals surface area contributed by atoms with Gasteiger partial charge in [-0.3, -0.25) is 0 Å². The highest BCUT2D eigenvalue weighted by Gasteiger charge is 2.18. The Morgan fingerprint density at radius 3 is 1.75 bits per heavy atom. The van der Waals surface area contributed by atoms with Crippen molar-refractivity contribution in [3.8, 4) is 45.3 Å². The van der Waals surface area contributed by atoms with Crippen molar-refractivity contribution >= 4 is 63.0 Å². The van der Waals surface area contributed by atoms with Crippen molar-refractivity contribution in [2.75, 3.05) is 0 Å². The fourth-order valence-corrected chi connectivity index (χ4v) is 8.49. The van der Waals surface area contributed by atoms with Crippen molar-refractivity contribution in [1.82, 2.24) is 15.0 Å². The molecule has 0 fully saturated rings. The van der Waals surface area contributed by atoms with E-state index in [9.17, 15) is 0 Å². The van der Waals surface area contributed by atoms with Crippen LogP contribution in [0.1, 0.15) is 0 Å². The molecule has 3 heterocycles. The highest BCUT2D eigenvalue weighted by Crippen LogP contribution is 2.44. The molecule has 9 rings (SSSR count). The minimum Gasteiger partial charge on any atom is -0.208 e. The summed E-state index contributed by atoms with van der Waals surface area (Å²) < 4.78 is 5.13. The number of nitrogens with zero attached hydrogens (tertiary/aromatic N) is 3. The van der Waals surface area contributed by atoms with E-state index in [1.54, 1.807) is 0 Å². The largest absolute Gasteiger partial charge is 0.208 e. The zero-order valence-electron chi connectivity index (χ0n) is 23.4. The second-order valence-corrected chi connectivity index (χ2v) is 12.9. The van der Waals surface area contributed by atoms with E-state index >= 15 is 0 Å². The van der Waals surface area contributed by atoms with Crippen LogP contribution in [0.15, 0.2) is 140 Å². The lowest BCUT2D eigenvalue weighted by Crippen LogP contribution is -2.00. The highest BCUT2D eigenvalue weighted by molar-refractivity contribution is 7.26. The first-order chi connectivity index (χ1) is 21.8. The van der Waals surface area contributed by atoms with E-state index in [1.165, 1.54) is 51.5 Å². The molecular weight excluding hydrogens is 575 g/mol. The lowest BCUT2D eigenvalue weighted by molar-refractivity contribution is 1.08. The van der Waals surface area contributed by atoms with E-state index in [0.29, 0.717) is 17.5 Å². The lowest BCUT2D eigenvalue weighted by Gasteiger charge is -2.09. The van der Waals surface area contributed by atoms with Crippen LogP contribution in [0.25, 0.3) is 85.6 Å². The summed E-state index contributed by atoms with van der Waals surface area (Å²) in [4.78, 5) is 15.0. The molecule has 0 aliphatic carbocycles. The van der Waals surface area contributed by atoms with Gasteiger partial charge in [-0.25, -0.2) is 15.0 Å². The fraction of sp³-hybridized carbons (Fsp3) is 0. The van der Waals surface area contributed by atoms with Gasteiger partial charge in [-0.1, -0.05) is 121 Å². The summed E-state index contributed by atoms with van der Waals surface area (Å²) in [6.45, 7) is 0. The van der Waals surface area contributed by atoms with Crippen molar-refractivity contribution in [3.05, 3.63) is 140 Å². The molecule has 0 spiro atoms. The number of rotatable bonds is 4. The summed E-state index contributed by atoms with van der Waals surface area (Å²) >= 11 is 3.70. The summed E-state index contributed by atoms with van der Waals surface area (Å²) in [5, 5.41) is 5.04. The molecule has 44 heavy (non-hydrogen) atoms. The third-order valence-corrected chi connectivity index (χ3v) is 10.5. The summed E-state index contributed by atoms with van der Waals surface area (Å²) in [6, 6.07) is 49.0. The van der Waals surface area contributed by atoms with Crippen LogP contribution in [0.3, 0.4) is 0 Å². The maximum Gasteiger partial charge on any atom is 0.164 e. The Morgan fingerprint density at radius 1 is 0.364 bits per heavy atom. The van der Waals surface area contributed by atoms with E-state index in [2.05, 4.69) is 78.9 Å². The van der Waals surface area contributed by atoms with Gasteiger partial charge in [0.1, 0.15) is 0 Å². The van der Waals surface area contributed by atoms with Crippen molar-refractivity contribution in [1.29, 1.82) is 0 Å². The predicted octanol–water partition coefficient (Wildman–Crippen LogP) is 11.3. The van der Waals surface area contributed by atoms with Gasteiger partial charge in [-0.05, 0) is 29.3 Å². The normalized spacial score (nSPS) is 11.6. The average Bonchev–Trinajstić information content (AvgIpc) is 3.67. The summed E-state index contributed by atoms with van der Waals surface area (Å²) in [6.07, 6.45) is 0. The Hall–Kier alpha value is -5.23. The molecule has 3 nitrogen and oxygen atoms in total. The van der Waals surface area contributed by atoms with Crippen LogP contribution < -0.4 is 0 Å². The Morgan fingerprint density at radius 2 is 0.977 bits per heavy atom. The molecule has 206 valence electrons. The molecule has 9 aromatic rings. The average molecular weight is 598 g/mol.